The summed E-state index contributed by atoms with van der Waals surface area (Å²) in [7, 11) is 0. The van der Waals surface area contributed by atoms with Gasteiger partial charge in [0.2, 0.25) is 0 Å². The first-order valence-corrected chi connectivity index (χ1v) is 8.77. The van der Waals surface area contributed by atoms with Crippen molar-refractivity contribution in [3.05, 3.63) is 54.4 Å². The van der Waals surface area contributed by atoms with Crippen LogP contribution >= 0.6 is 0 Å². The molecule has 24 heavy (non-hydrogen) atoms. The first kappa shape index (κ1) is 16.5. The van der Waals surface area contributed by atoms with Gasteiger partial charge in [0.05, 0.1) is 6.20 Å². The third-order valence-electron chi connectivity index (χ3n) is 4.54. The second-order valence-electron chi connectivity index (χ2n) is 6.36. The van der Waals surface area contributed by atoms with E-state index < -0.39 is 0 Å². The number of hydrogen-bond acceptors (Lipinski definition) is 3. The highest BCUT2D eigenvalue weighted by molar-refractivity contribution is 5.94. The van der Waals surface area contributed by atoms with Gasteiger partial charge in [-0.3, -0.25) is 9.78 Å². The Morgan fingerprint density at radius 2 is 1.92 bits per heavy atom. The Balaban J connectivity index is 1.43. The summed E-state index contributed by atoms with van der Waals surface area (Å²) in [5.41, 5.74) is 0.661. The minimum Gasteiger partial charge on any atom is -0.456 e. The normalized spacial score (nSPS) is 14.5. The average molecular weight is 324 g/mol. The number of nitrogens with one attached hydrogen (secondary N) is 1. The fourth-order valence-corrected chi connectivity index (χ4v) is 3.21. The third kappa shape index (κ3) is 4.82. The SMILES string of the molecule is O=C(NCCCC1CCCC1)c1ccc(Oc2cccnc2)cc1. The summed E-state index contributed by atoms with van der Waals surface area (Å²) in [4.78, 5) is 16.2. The van der Waals surface area contributed by atoms with E-state index in [1.54, 1.807) is 36.7 Å². The zero-order chi connectivity index (χ0) is 16.6. The highest BCUT2D eigenvalue weighted by Crippen LogP contribution is 2.28. The van der Waals surface area contributed by atoms with Crippen LogP contribution in [0.5, 0.6) is 11.5 Å². The Labute approximate surface area is 143 Å². The summed E-state index contributed by atoms with van der Waals surface area (Å²) in [5, 5.41) is 3.00. The van der Waals surface area contributed by atoms with Crippen LogP contribution in [0.25, 0.3) is 0 Å². The van der Waals surface area contributed by atoms with E-state index >= 15 is 0 Å². The molecule has 0 unspecified atom stereocenters. The molecule has 126 valence electrons. The minimum atomic E-state index is -0.0191. The molecule has 2 aromatic rings. The van der Waals surface area contributed by atoms with E-state index in [1.165, 1.54) is 32.1 Å². The van der Waals surface area contributed by atoms with E-state index in [4.69, 9.17) is 4.74 Å². The van der Waals surface area contributed by atoms with Crippen molar-refractivity contribution >= 4 is 5.91 Å². The summed E-state index contributed by atoms with van der Waals surface area (Å²) in [6.45, 7) is 0.753. The van der Waals surface area contributed by atoms with Gasteiger partial charge < -0.3 is 10.1 Å². The van der Waals surface area contributed by atoms with Crippen LogP contribution in [0.2, 0.25) is 0 Å². The van der Waals surface area contributed by atoms with Gasteiger partial charge in [-0.2, -0.15) is 0 Å². The fraction of sp³-hybridized carbons (Fsp3) is 0.400. The lowest BCUT2D eigenvalue weighted by Crippen LogP contribution is -2.24. The number of carbonyl (C=O) groups is 1. The lowest BCUT2D eigenvalue weighted by Gasteiger charge is -2.10. The van der Waals surface area contributed by atoms with Crippen molar-refractivity contribution in [2.75, 3.05) is 6.54 Å². The Kier molecular flexibility index (Phi) is 5.83. The molecule has 1 aromatic heterocycles. The van der Waals surface area contributed by atoms with Crippen molar-refractivity contribution < 1.29 is 9.53 Å². The van der Waals surface area contributed by atoms with Crippen LogP contribution in [0.1, 0.15) is 48.9 Å². The number of ether oxygens (including phenoxy) is 1. The smallest absolute Gasteiger partial charge is 0.251 e. The van der Waals surface area contributed by atoms with Crippen LogP contribution < -0.4 is 10.1 Å². The van der Waals surface area contributed by atoms with Crippen molar-refractivity contribution in [3.63, 3.8) is 0 Å². The molecule has 0 saturated heterocycles. The number of benzene rings is 1. The molecule has 1 fully saturated rings. The molecule has 4 heteroatoms. The first-order valence-electron chi connectivity index (χ1n) is 8.77. The lowest BCUT2D eigenvalue weighted by molar-refractivity contribution is 0.0952. The van der Waals surface area contributed by atoms with Gasteiger partial charge in [-0.1, -0.05) is 25.7 Å². The fourth-order valence-electron chi connectivity index (χ4n) is 3.21. The number of pyridine rings is 1. The van der Waals surface area contributed by atoms with Gasteiger partial charge in [-0.25, -0.2) is 0 Å². The summed E-state index contributed by atoms with van der Waals surface area (Å²) < 4.78 is 5.67. The summed E-state index contributed by atoms with van der Waals surface area (Å²) >= 11 is 0. The highest BCUT2D eigenvalue weighted by atomic mass is 16.5. The van der Waals surface area contributed by atoms with Crippen molar-refractivity contribution in [1.29, 1.82) is 0 Å². The van der Waals surface area contributed by atoms with Crippen molar-refractivity contribution in [2.45, 2.75) is 38.5 Å². The van der Waals surface area contributed by atoms with E-state index in [0.29, 0.717) is 17.1 Å². The lowest BCUT2D eigenvalue weighted by atomic mass is 10.0. The number of rotatable bonds is 7. The molecule has 1 saturated carbocycles. The molecule has 3 rings (SSSR count). The van der Waals surface area contributed by atoms with Gasteiger partial charge in [-0.15, -0.1) is 0 Å². The first-order chi connectivity index (χ1) is 11.8. The summed E-state index contributed by atoms with van der Waals surface area (Å²) in [5.74, 6) is 2.24. The molecule has 0 aliphatic heterocycles. The molecular formula is C20H24N2O2. The van der Waals surface area contributed by atoms with E-state index in [9.17, 15) is 4.79 Å². The van der Waals surface area contributed by atoms with Gasteiger partial charge in [0, 0.05) is 18.3 Å². The molecule has 1 heterocycles. The largest absolute Gasteiger partial charge is 0.456 e. The predicted octanol–water partition coefficient (Wildman–Crippen LogP) is 4.57. The molecule has 1 aromatic carbocycles. The molecule has 1 N–H and O–H groups in total. The van der Waals surface area contributed by atoms with Crippen LogP contribution in [0.4, 0.5) is 0 Å². The van der Waals surface area contributed by atoms with Gasteiger partial charge in [0.15, 0.2) is 0 Å². The van der Waals surface area contributed by atoms with Crippen molar-refractivity contribution in [3.8, 4) is 11.5 Å². The second-order valence-corrected chi connectivity index (χ2v) is 6.36. The van der Waals surface area contributed by atoms with Crippen molar-refractivity contribution in [2.24, 2.45) is 5.92 Å². The maximum atomic E-state index is 12.1. The Morgan fingerprint density at radius 3 is 2.62 bits per heavy atom. The molecule has 1 amide bonds. The number of hydrogen-bond donors (Lipinski definition) is 1. The zero-order valence-corrected chi connectivity index (χ0v) is 13.9. The monoisotopic (exact) mass is 324 g/mol. The Bertz CT molecular complexity index is 634. The number of amides is 1. The average Bonchev–Trinajstić information content (AvgIpc) is 3.13. The molecule has 1 aliphatic carbocycles. The number of carbonyl (C=O) groups excluding carboxylic acids is 1. The van der Waals surface area contributed by atoms with E-state index in [2.05, 4.69) is 10.3 Å². The highest BCUT2D eigenvalue weighted by Gasteiger charge is 2.14. The van der Waals surface area contributed by atoms with Crippen molar-refractivity contribution in [1.82, 2.24) is 10.3 Å². The van der Waals surface area contributed by atoms with Crippen LogP contribution in [0.15, 0.2) is 48.8 Å². The molecule has 0 spiro atoms. The number of aromatic nitrogens is 1. The number of nitrogens with zero attached hydrogens (tertiary/aromatic N) is 1. The summed E-state index contributed by atoms with van der Waals surface area (Å²) in [6.07, 6.45) is 11.2. The van der Waals surface area contributed by atoms with Crippen LogP contribution in [0, 0.1) is 5.92 Å². The van der Waals surface area contributed by atoms with Gasteiger partial charge >= 0.3 is 0 Å². The van der Waals surface area contributed by atoms with E-state index in [-0.39, 0.29) is 5.91 Å². The second kappa shape index (κ2) is 8.48. The molecular weight excluding hydrogens is 300 g/mol. The topological polar surface area (TPSA) is 51.2 Å². The minimum absolute atomic E-state index is 0.0191. The van der Waals surface area contributed by atoms with E-state index in [0.717, 1.165) is 18.9 Å². The third-order valence-corrected chi connectivity index (χ3v) is 4.54. The maximum absolute atomic E-state index is 12.1. The van der Waals surface area contributed by atoms with Gasteiger partial charge in [-0.05, 0) is 55.2 Å². The predicted molar refractivity (Wildman–Crippen MR) is 94.3 cm³/mol. The quantitative estimate of drug-likeness (QED) is 0.759. The molecule has 4 nitrogen and oxygen atoms in total. The maximum Gasteiger partial charge on any atom is 0.251 e. The van der Waals surface area contributed by atoms with Crippen LogP contribution in [-0.2, 0) is 0 Å². The molecule has 0 bridgehead atoms. The zero-order valence-electron chi connectivity index (χ0n) is 13.9. The molecule has 0 atom stereocenters. The Morgan fingerprint density at radius 1 is 1.12 bits per heavy atom. The van der Waals surface area contributed by atoms with E-state index in [1.807, 2.05) is 12.1 Å². The van der Waals surface area contributed by atoms with Crippen LogP contribution in [0.3, 0.4) is 0 Å². The standard InChI is InChI=1S/C20H24N2O2/c23-20(22-14-3-7-16-5-1-2-6-16)17-9-11-18(12-10-17)24-19-8-4-13-21-15-19/h4,8-13,15-16H,1-3,5-7,14H2,(H,22,23). The van der Waals surface area contributed by atoms with Gasteiger partial charge in [0.25, 0.3) is 5.91 Å². The molecule has 0 radical (unpaired) electrons. The van der Waals surface area contributed by atoms with Gasteiger partial charge in [0.1, 0.15) is 11.5 Å². The summed E-state index contributed by atoms with van der Waals surface area (Å²) in [6, 6.07) is 10.9. The van der Waals surface area contributed by atoms with Crippen LogP contribution in [-0.4, -0.2) is 17.4 Å². The Hall–Kier alpha value is -2.36. The molecule has 1 aliphatic rings.